The molecule has 0 saturated heterocycles. The lowest BCUT2D eigenvalue weighted by molar-refractivity contribution is 0.169. The Morgan fingerprint density at radius 2 is 2.00 bits per heavy atom. The molecule has 0 aromatic heterocycles. The number of nitrogens with one attached hydrogen (secondary N) is 1. The van der Waals surface area contributed by atoms with Gasteiger partial charge in [0.25, 0.3) is 0 Å². The van der Waals surface area contributed by atoms with Crippen LogP contribution in [0.4, 0.5) is 0 Å². The summed E-state index contributed by atoms with van der Waals surface area (Å²) < 4.78 is 0. The molecule has 2 nitrogen and oxygen atoms in total. The highest BCUT2D eigenvalue weighted by molar-refractivity contribution is 6.35. The highest BCUT2D eigenvalue weighted by Gasteiger charge is 2.30. The zero-order chi connectivity index (χ0) is 15.6. The fourth-order valence-electron chi connectivity index (χ4n) is 3.43. The van der Waals surface area contributed by atoms with Gasteiger partial charge in [-0.05, 0) is 42.7 Å². The Bertz CT molecular complexity index is 490. The van der Waals surface area contributed by atoms with E-state index in [2.05, 4.69) is 26.1 Å². The molecule has 0 spiro atoms. The molecule has 3 unspecified atom stereocenters. The Hall–Kier alpha value is -0.440. The van der Waals surface area contributed by atoms with E-state index in [0.717, 1.165) is 11.5 Å². The summed E-state index contributed by atoms with van der Waals surface area (Å²) in [6.45, 7) is 7.51. The van der Waals surface area contributed by atoms with E-state index in [-0.39, 0.29) is 5.75 Å². The number of aromatic hydroxyl groups is 1. The van der Waals surface area contributed by atoms with Crippen molar-refractivity contribution in [2.45, 2.75) is 52.6 Å². The van der Waals surface area contributed by atoms with Crippen molar-refractivity contribution in [3.8, 4) is 5.75 Å². The van der Waals surface area contributed by atoms with Gasteiger partial charge in [0, 0.05) is 23.2 Å². The molecule has 0 aliphatic heterocycles. The molecule has 1 aromatic carbocycles. The van der Waals surface area contributed by atoms with Gasteiger partial charge in [-0.1, -0.05) is 50.4 Å². The van der Waals surface area contributed by atoms with Crippen LogP contribution < -0.4 is 5.32 Å². The van der Waals surface area contributed by atoms with Gasteiger partial charge in [-0.25, -0.2) is 0 Å². The standard InChI is InChI=1S/C17H25Cl2NO/c1-10(2)14-5-4-11(3)6-16(14)20-9-12-7-13(18)8-15(19)17(12)21/h7-8,10-11,14,16,20-21H,4-6,9H2,1-3H3. The number of halogens is 2. The Morgan fingerprint density at radius 3 is 2.67 bits per heavy atom. The summed E-state index contributed by atoms with van der Waals surface area (Å²) in [6.07, 6.45) is 3.78. The normalized spacial score (nSPS) is 26.3. The van der Waals surface area contributed by atoms with Crippen LogP contribution in [0.1, 0.15) is 45.6 Å². The van der Waals surface area contributed by atoms with Gasteiger partial charge in [0.1, 0.15) is 5.75 Å². The lowest BCUT2D eigenvalue weighted by Gasteiger charge is -2.38. The molecule has 4 heteroatoms. The maximum atomic E-state index is 10.0. The molecule has 2 rings (SSSR count). The van der Waals surface area contributed by atoms with Gasteiger partial charge in [0.15, 0.2) is 0 Å². The fourth-order valence-corrected chi connectivity index (χ4v) is 3.97. The summed E-state index contributed by atoms with van der Waals surface area (Å²) >= 11 is 12.0. The second-order valence-corrected chi connectivity index (χ2v) is 7.55. The summed E-state index contributed by atoms with van der Waals surface area (Å²) in [5.74, 6) is 2.26. The van der Waals surface area contributed by atoms with Crippen LogP contribution >= 0.6 is 23.2 Å². The predicted molar refractivity (Wildman–Crippen MR) is 90.1 cm³/mol. The van der Waals surface area contributed by atoms with Crippen LogP contribution in [0.5, 0.6) is 5.75 Å². The van der Waals surface area contributed by atoms with Crippen molar-refractivity contribution in [3.05, 3.63) is 27.7 Å². The van der Waals surface area contributed by atoms with Gasteiger partial charge in [-0.2, -0.15) is 0 Å². The van der Waals surface area contributed by atoms with Gasteiger partial charge < -0.3 is 10.4 Å². The third-order valence-electron chi connectivity index (χ3n) is 4.68. The molecule has 0 radical (unpaired) electrons. The van der Waals surface area contributed by atoms with Gasteiger partial charge in [-0.15, -0.1) is 0 Å². The molecule has 1 aliphatic carbocycles. The molecule has 2 N–H and O–H groups in total. The largest absolute Gasteiger partial charge is 0.506 e. The van der Waals surface area contributed by atoms with Crippen molar-refractivity contribution in [2.24, 2.45) is 17.8 Å². The quantitative estimate of drug-likeness (QED) is 0.790. The van der Waals surface area contributed by atoms with Crippen LogP contribution in [-0.4, -0.2) is 11.1 Å². The minimum Gasteiger partial charge on any atom is -0.506 e. The van der Waals surface area contributed by atoms with E-state index < -0.39 is 0 Å². The first kappa shape index (κ1) is 16.9. The predicted octanol–water partition coefficient (Wildman–Crippen LogP) is 5.25. The first-order valence-corrected chi connectivity index (χ1v) is 8.54. The van der Waals surface area contributed by atoms with E-state index in [1.807, 2.05) is 0 Å². The van der Waals surface area contributed by atoms with Crippen molar-refractivity contribution in [3.63, 3.8) is 0 Å². The number of hydrogen-bond acceptors (Lipinski definition) is 2. The summed E-state index contributed by atoms with van der Waals surface area (Å²) in [5.41, 5.74) is 0.772. The second-order valence-electron chi connectivity index (χ2n) is 6.71. The zero-order valence-electron chi connectivity index (χ0n) is 13.0. The molecule has 0 amide bonds. The van der Waals surface area contributed by atoms with Crippen LogP contribution in [-0.2, 0) is 6.54 Å². The Balaban J connectivity index is 2.07. The average molecular weight is 330 g/mol. The minimum absolute atomic E-state index is 0.138. The Labute approximate surface area is 137 Å². The van der Waals surface area contributed by atoms with E-state index in [1.54, 1.807) is 12.1 Å². The number of benzene rings is 1. The van der Waals surface area contributed by atoms with Gasteiger partial charge in [0.05, 0.1) is 5.02 Å². The highest BCUT2D eigenvalue weighted by Crippen LogP contribution is 2.35. The molecule has 1 aliphatic rings. The molecule has 1 fully saturated rings. The third kappa shape index (κ3) is 4.28. The fraction of sp³-hybridized carbons (Fsp3) is 0.647. The molecule has 3 atom stereocenters. The van der Waals surface area contributed by atoms with Crippen LogP contribution in [0.25, 0.3) is 0 Å². The van der Waals surface area contributed by atoms with Gasteiger partial charge in [0.2, 0.25) is 0 Å². The van der Waals surface area contributed by atoms with Crippen LogP contribution in [0.15, 0.2) is 12.1 Å². The molecule has 0 bridgehead atoms. The van der Waals surface area contributed by atoms with Crippen molar-refractivity contribution in [1.29, 1.82) is 0 Å². The van der Waals surface area contributed by atoms with E-state index in [9.17, 15) is 5.11 Å². The maximum absolute atomic E-state index is 10.0. The van der Waals surface area contributed by atoms with Crippen LogP contribution in [0.2, 0.25) is 10.0 Å². The lowest BCUT2D eigenvalue weighted by atomic mass is 9.74. The number of phenols is 1. The van der Waals surface area contributed by atoms with Gasteiger partial charge in [-0.3, -0.25) is 0 Å². The smallest absolute Gasteiger partial charge is 0.138 e. The van der Waals surface area contributed by atoms with E-state index in [0.29, 0.717) is 34.5 Å². The number of hydrogen-bond donors (Lipinski definition) is 2. The van der Waals surface area contributed by atoms with Crippen molar-refractivity contribution < 1.29 is 5.11 Å². The first-order valence-electron chi connectivity index (χ1n) is 7.78. The SMILES string of the molecule is CC1CCC(C(C)C)C(NCc2cc(Cl)cc(Cl)c2O)C1. The van der Waals surface area contributed by atoms with Crippen molar-refractivity contribution >= 4 is 23.2 Å². The summed E-state index contributed by atoms with van der Waals surface area (Å²) in [5, 5.41) is 14.5. The van der Waals surface area contributed by atoms with E-state index in [4.69, 9.17) is 23.2 Å². The Morgan fingerprint density at radius 1 is 1.29 bits per heavy atom. The van der Waals surface area contributed by atoms with Crippen LogP contribution in [0.3, 0.4) is 0 Å². The zero-order valence-corrected chi connectivity index (χ0v) is 14.5. The highest BCUT2D eigenvalue weighted by atomic mass is 35.5. The van der Waals surface area contributed by atoms with E-state index in [1.165, 1.54) is 19.3 Å². The maximum Gasteiger partial charge on any atom is 0.138 e. The number of phenolic OH excluding ortho intramolecular Hbond substituents is 1. The molecule has 1 aromatic rings. The van der Waals surface area contributed by atoms with E-state index >= 15 is 0 Å². The summed E-state index contributed by atoms with van der Waals surface area (Å²) in [7, 11) is 0. The third-order valence-corrected chi connectivity index (χ3v) is 5.19. The minimum atomic E-state index is 0.138. The van der Waals surface area contributed by atoms with Crippen LogP contribution in [0, 0.1) is 17.8 Å². The monoisotopic (exact) mass is 329 g/mol. The van der Waals surface area contributed by atoms with Crippen molar-refractivity contribution in [2.75, 3.05) is 0 Å². The van der Waals surface area contributed by atoms with Crippen molar-refractivity contribution in [1.82, 2.24) is 5.32 Å². The Kier molecular flexibility index (Phi) is 5.81. The summed E-state index contributed by atoms with van der Waals surface area (Å²) in [4.78, 5) is 0. The first-order chi connectivity index (χ1) is 9.88. The lowest BCUT2D eigenvalue weighted by Crippen LogP contribution is -2.42. The average Bonchev–Trinajstić information content (AvgIpc) is 2.40. The molecule has 0 heterocycles. The summed E-state index contributed by atoms with van der Waals surface area (Å²) in [6, 6.07) is 3.85. The molecule has 118 valence electrons. The topological polar surface area (TPSA) is 32.3 Å². The molecular formula is C17H25Cl2NO. The van der Waals surface area contributed by atoms with Gasteiger partial charge >= 0.3 is 0 Å². The molecular weight excluding hydrogens is 305 g/mol. The second kappa shape index (κ2) is 7.21. The molecule has 21 heavy (non-hydrogen) atoms. The molecule has 1 saturated carbocycles. The number of rotatable bonds is 4.